The lowest BCUT2D eigenvalue weighted by Gasteiger charge is -2.41. The van der Waals surface area contributed by atoms with E-state index in [9.17, 15) is 9.18 Å². The third-order valence-corrected chi connectivity index (χ3v) is 4.89. The lowest BCUT2D eigenvalue weighted by atomic mass is 9.87. The molecule has 0 aliphatic carbocycles. The molecule has 3 heterocycles. The summed E-state index contributed by atoms with van der Waals surface area (Å²) in [4.78, 5) is 19.9. The van der Waals surface area contributed by atoms with Gasteiger partial charge in [0.25, 0.3) is 6.01 Å². The number of piperidine rings is 1. The minimum Gasteiger partial charge on any atom is -0.423 e. The largest absolute Gasteiger partial charge is 0.423 e. The third-order valence-electron chi connectivity index (χ3n) is 4.89. The zero-order chi connectivity index (χ0) is 15.3. The predicted octanol–water partition coefficient (Wildman–Crippen LogP) is 1.96. The van der Waals surface area contributed by atoms with Crippen LogP contribution in [0.2, 0.25) is 0 Å². The van der Waals surface area contributed by atoms with Gasteiger partial charge in [-0.3, -0.25) is 0 Å². The number of aromatic nitrogens is 1. The number of likely N-dealkylation sites (N-methyl/N-ethyl adjacent to an activating group) is 1. The van der Waals surface area contributed by atoms with Crippen LogP contribution in [0.25, 0.3) is 11.1 Å². The number of halogens is 1. The highest BCUT2D eigenvalue weighted by Gasteiger charge is 2.45. The van der Waals surface area contributed by atoms with E-state index >= 15 is 0 Å². The van der Waals surface area contributed by atoms with E-state index in [1.54, 1.807) is 6.07 Å². The van der Waals surface area contributed by atoms with Crippen LogP contribution in [0.4, 0.5) is 15.2 Å². The van der Waals surface area contributed by atoms with Gasteiger partial charge in [-0.05, 0) is 25.0 Å². The molecule has 116 valence electrons. The number of nitrogens with one attached hydrogen (secondary N) is 1. The number of anilines is 1. The molecule has 0 unspecified atom stereocenters. The molecule has 2 aromatic rings. The number of hydrogen-bond acceptors (Lipinski definition) is 4. The third kappa shape index (κ3) is 1.92. The van der Waals surface area contributed by atoms with Gasteiger partial charge in [0.15, 0.2) is 5.58 Å². The first kappa shape index (κ1) is 13.4. The minimum absolute atomic E-state index is 0.00853. The zero-order valence-corrected chi connectivity index (χ0v) is 12.3. The van der Waals surface area contributed by atoms with Crippen molar-refractivity contribution in [2.45, 2.75) is 18.4 Å². The number of oxazole rings is 1. The highest BCUT2D eigenvalue weighted by Crippen LogP contribution is 2.33. The summed E-state index contributed by atoms with van der Waals surface area (Å²) < 4.78 is 18.9. The number of rotatable bonds is 1. The number of carbonyl (C=O) groups excluding carboxylic acids is 1. The number of fused-ring (bicyclic) bond motifs is 1. The van der Waals surface area contributed by atoms with Gasteiger partial charge in [0.1, 0.15) is 11.3 Å². The van der Waals surface area contributed by atoms with E-state index in [-0.39, 0.29) is 17.4 Å². The first-order valence-electron chi connectivity index (χ1n) is 7.40. The van der Waals surface area contributed by atoms with Crippen LogP contribution in [0, 0.1) is 5.82 Å². The van der Waals surface area contributed by atoms with E-state index in [1.165, 1.54) is 12.1 Å². The zero-order valence-electron chi connectivity index (χ0n) is 12.3. The maximum absolute atomic E-state index is 13.2. The van der Waals surface area contributed by atoms with Crippen molar-refractivity contribution in [3.05, 3.63) is 24.0 Å². The van der Waals surface area contributed by atoms with E-state index in [1.807, 2.05) is 11.9 Å². The van der Waals surface area contributed by atoms with Gasteiger partial charge in [0.2, 0.25) is 0 Å². The Kier molecular flexibility index (Phi) is 2.79. The summed E-state index contributed by atoms with van der Waals surface area (Å²) in [6, 6.07) is 4.86. The smallest absolute Gasteiger partial charge is 0.317 e. The summed E-state index contributed by atoms with van der Waals surface area (Å²) in [7, 11) is 1.85. The second-order valence-electron chi connectivity index (χ2n) is 6.04. The topological polar surface area (TPSA) is 61.6 Å². The molecule has 2 aliphatic rings. The molecule has 2 saturated heterocycles. The van der Waals surface area contributed by atoms with Crippen LogP contribution in [0.3, 0.4) is 0 Å². The normalized spacial score (nSPS) is 20.9. The Morgan fingerprint density at radius 2 is 2.14 bits per heavy atom. The summed E-state index contributed by atoms with van der Waals surface area (Å²) in [6.45, 7) is 2.21. The van der Waals surface area contributed by atoms with Gasteiger partial charge in [-0.2, -0.15) is 4.98 Å². The molecule has 1 N–H and O–H groups in total. The first-order chi connectivity index (χ1) is 10.6. The molecule has 0 saturated carbocycles. The van der Waals surface area contributed by atoms with Crippen molar-refractivity contribution in [1.82, 2.24) is 15.2 Å². The maximum atomic E-state index is 13.2. The summed E-state index contributed by atoms with van der Waals surface area (Å²) in [5.41, 5.74) is 1.02. The number of amides is 2. The van der Waals surface area contributed by atoms with Crippen LogP contribution >= 0.6 is 0 Å². The summed E-state index contributed by atoms with van der Waals surface area (Å²) in [5.74, 6) is -0.317. The molecular weight excluding hydrogens is 287 g/mol. The molecule has 1 spiro atoms. The molecule has 0 bridgehead atoms. The SMILES string of the molecule is CN1C(=O)NCC12CCN(c1nc3cc(F)ccc3o1)CC2. The molecule has 0 radical (unpaired) electrons. The number of urea groups is 1. The summed E-state index contributed by atoms with van der Waals surface area (Å²) in [6.07, 6.45) is 1.71. The Hall–Kier alpha value is -2.31. The van der Waals surface area contributed by atoms with Gasteiger partial charge in [0.05, 0.1) is 5.54 Å². The first-order valence-corrected chi connectivity index (χ1v) is 7.40. The second kappa shape index (κ2) is 4.59. The maximum Gasteiger partial charge on any atom is 0.317 e. The average Bonchev–Trinajstić information content (AvgIpc) is 3.05. The lowest BCUT2D eigenvalue weighted by molar-refractivity contribution is 0.154. The van der Waals surface area contributed by atoms with Crippen molar-refractivity contribution < 1.29 is 13.6 Å². The quantitative estimate of drug-likeness (QED) is 0.875. The van der Waals surface area contributed by atoms with E-state index < -0.39 is 0 Å². The molecular formula is C15H17FN4O2. The van der Waals surface area contributed by atoms with Crippen molar-refractivity contribution in [1.29, 1.82) is 0 Å². The van der Waals surface area contributed by atoms with Crippen LogP contribution in [0.15, 0.2) is 22.6 Å². The average molecular weight is 304 g/mol. The molecule has 6 nitrogen and oxygen atoms in total. The summed E-state index contributed by atoms with van der Waals surface area (Å²) in [5, 5.41) is 2.90. The summed E-state index contributed by atoms with van der Waals surface area (Å²) >= 11 is 0. The Balaban J connectivity index is 1.54. The van der Waals surface area contributed by atoms with Crippen molar-refractivity contribution in [3.63, 3.8) is 0 Å². The van der Waals surface area contributed by atoms with Crippen LogP contribution < -0.4 is 10.2 Å². The van der Waals surface area contributed by atoms with E-state index in [0.717, 1.165) is 25.9 Å². The molecule has 1 aromatic heterocycles. The van der Waals surface area contributed by atoms with Crippen molar-refractivity contribution in [2.24, 2.45) is 0 Å². The van der Waals surface area contributed by atoms with Gasteiger partial charge in [-0.1, -0.05) is 0 Å². The fraction of sp³-hybridized carbons (Fsp3) is 0.467. The number of nitrogens with zero attached hydrogens (tertiary/aromatic N) is 3. The highest BCUT2D eigenvalue weighted by atomic mass is 19.1. The Bertz CT molecular complexity index is 736. The molecule has 0 atom stereocenters. The highest BCUT2D eigenvalue weighted by molar-refractivity contribution is 5.78. The predicted molar refractivity (Wildman–Crippen MR) is 79.3 cm³/mol. The molecule has 2 aliphatic heterocycles. The molecule has 2 fully saturated rings. The van der Waals surface area contributed by atoms with E-state index in [4.69, 9.17) is 4.42 Å². The van der Waals surface area contributed by atoms with Crippen molar-refractivity contribution >= 4 is 23.1 Å². The van der Waals surface area contributed by atoms with Gasteiger partial charge >= 0.3 is 6.03 Å². The number of hydrogen-bond donors (Lipinski definition) is 1. The fourth-order valence-corrected chi connectivity index (χ4v) is 3.34. The standard InChI is InChI=1S/C15H17FN4O2/c1-19-13(21)17-9-15(19)4-6-20(7-5-15)14-18-11-8-10(16)2-3-12(11)22-14/h2-3,8H,4-7,9H2,1H3,(H,17,21). The van der Waals surface area contributed by atoms with E-state index in [0.29, 0.717) is 23.7 Å². The Labute approximate surface area is 126 Å². The van der Waals surface area contributed by atoms with Crippen LogP contribution in [0.5, 0.6) is 0 Å². The minimum atomic E-state index is -0.317. The molecule has 4 rings (SSSR count). The monoisotopic (exact) mass is 304 g/mol. The van der Waals surface area contributed by atoms with Gasteiger partial charge < -0.3 is 19.5 Å². The van der Waals surface area contributed by atoms with Crippen LogP contribution in [0.1, 0.15) is 12.8 Å². The molecule has 22 heavy (non-hydrogen) atoms. The van der Waals surface area contributed by atoms with Crippen LogP contribution in [-0.4, -0.2) is 48.1 Å². The van der Waals surface area contributed by atoms with E-state index in [2.05, 4.69) is 15.2 Å². The number of benzene rings is 1. The second-order valence-corrected chi connectivity index (χ2v) is 6.04. The van der Waals surface area contributed by atoms with Crippen molar-refractivity contribution in [3.8, 4) is 0 Å². The van der Waals surface area contributed by atoms with Gasteiger partial charge in [-0.15, -0.1) is 0 Å². The Morgan fingerprint density at radius 3 is 2.82 bits per heavy atom. The fourth-order valence-electron chi connectivity index (χ4n) is 3.34. The molecule has 1 aromatic carbocycles. The molecule has 7 heteroatoms. The lowest BCUT2D eigenvalue weighted by Crippen LogP contribution is -2.53. The Morgan fingerprint density at radius 1 is 1.36 bits per heavy atom. The number of carbonyl (C=O) groups is 1. The van der Waals surface area contributed by atoms with Crippen molar-refractivity contribution in [2.75, 3.05) is 31.6 Å². The van der Waals surface area contributed by atoms with Gasteiger partial charge in [-0.25, -0.2) is 9.18 Å². The van der Waals surface area contributed by atoms with Gasteiger partial charge in [0, 0.05) is 32.7 Å². The van der Waals surface area contributed by atoms with Crippen LogP contribution in [-0.2, 0) is 0 Å². The molecule has 2 amide bonds.